The average Bonchev–Trinajstić information content (AvgIpc) is 2.83. The van der Waals surface area contributed by atoms with Crippen molar-refractivity contribution in [3.05, 3.63) is 69.5 Å². The fourth-order valence-electron chi connectivity index (χ4n) is 4.58. The summed E-state index contributed by atoms with van der Waals surface area (Å²) in [4.78, 5) is 14.9. The predicted octanol–water partition coefficient (Wildman–Crippen LogP) is 4.10. The molecular weight excluding hydrogens is 461 g/mol. The zero-order valence-electron chi connectivity index (χ0n) is 18.5. The van der Waals surface area contributed by atoms with Gasteiger partial charge in [-0.3, -0.25) is 4.79 Å². The number of likely N-dealkylation sites (tertiary alicyclic amines) is 1. The van der Waals surface area contributed by atoms with Gasteiger partial charge >= 0.3 is 0 Å². The molecule has 3 heterocycles. The summed E-state index contributed by atoms with van der Waals surface area (Å²) in [6, 6.07) is 15.8. The normalized spacial score (nSPS) is 16.5. The smallest absolute Gasteiger partial charge is 0.251 e. The minimum atomic E-state index is 0. The molecule has 0 bridgehead atoms. The van der Waals surface area contributed by atoms with Crippen LogP contribution in [-0.4, -0.2) is 48.4 Å². The molecule has 1 aromatic heterocycles. The molecule has 6 nitrogen and oxygen atoms in total. The van der Waals surface area contributed by atoms with E-state index in [0.29, 0.717) is 30.8 Å². The number of aromatic nitrogens is 1. The van der Waals surface area contributed by atoms with Gasteiger partial charge in [0.1, 0.15) is 13.2 Å². The number of ether oxygens (including phenoxy) is 2. The second kappa shape index (κ2) is 10.8. The zero-order valence-corrected chi connectivity index (χ0v) is 20.0. The first kappa shape index (κ1) is 23.9. The monoisotopic (exact) mass is 489 g/mol. The molecule has 0 spiro atoms. The molecular formula is C25H29Cl2N3O3. The number of nitrogens with zero attached hydrogens (tertiary/aromatic N) is 2. The summed E-state index contributed by atoms with van der Waals surface area (Å²) >= 11 is 6.31. The van der Waals surface area contributed by atoms with Crippen LogP contribution < -0.4 is 20.3 Å². The van der Waals surface area contributed by atoms with Gasteiger partial charge in [-0.2, -0.15) is 0 Å². The molecule has 0 aliphatic carbocycles. The van der Waals surface area contributed by atoms with E-state index >= 15 is 0 Å². The van der Waals surface area contributed by atoms with Crippen LogP contribution in [0.3, 0.4) is 0 Å². The Kier molecular flexibility index (Phi) is 7.81. The van der Waals surface area contributed by atoms with Crippen molar-refractivity contribution in [1.82, 2.24) is 14.8 Å². The highest BCUT2D eigenvalue weighted by Gasteiger charge is 2.19. The Morgan fingerprint density at radius 2 is 1.76 bits per heavy atom. The van der Waals surface area contributed by atoms with E-state index in [1.54, 1.807) is 6.07 Å². The van der Waals surface area contributed by atoms with E-state index in [1.807, 2.05) is 34.9 Å². The maximum absolute atomic E-state index is 12.5. The third kappa shape index (κ3) is 5.46. The van der Waals surface area contributed by atoms with Gasteiger partial charge in [0.15, 0.2) is 11.5 Å². The fraction of sp³-hybridized carbons (Fsp3) is 0.400. The average molecular weight is 490 g/mol. The van der Waals surface area contributed by atoms with E-state index in [0.717, 1.165) is 61.4 Å². The van der Waals surface area contributed by atoms with Gasteiger partial charge in [-0.25, -0.2) is 0 Å². The summed E-state index contributed by atoms with van der Waals surface area (Å²) in [7, 11) is 0. The van der Waals surface area contributed by atoms with Crippen LogP contribution in [0, 0.1) is 0 Å². The largest absolute Gasteiger partial charge is 0.486 e. The van der Waals surface area contributed by atoms with Gasteiger partial charge in [-0.15, -0.1) is 12.4 Å². The molecule has 0 atom stereocenters. The number of hydrogen-bond donors (Lipinski definition) is 1. The SMILES string of the molecule is Cl.O=c1ccc2c(Cl)cccc2n1CCN1CCC(NCc2ccc3c(c2)OCCO3)CC1. The molecule has 1 N–H and O–H groups in total. The van der Waals surface area contributed by atoms with E-state index in [1.165, 1.54) is 5.56 Å². The van der Waals surface area contributed by atoms with Crippen molar-refractivity contribution < 1.29 is 9.47 Å². The first-order chi connectivity index (χ1) is 15.7. The Balaban J connectivity index is 0.00000259. The minimum absolute atomic E-state index is 0. The van der Waals surface area contributed by atoms with E-state index in [9.17, 15) is 4.79 Å². The van der Waals surface area contributed by atoms with E-state index in [4.69, 9.17) is 21.1 Å². The minimum Gasteiger partial charge on any atom is -0.486 e. The zero-order chi connectivity index (χ0) is 21.9. The number of benzene rings is 2. The van der Waals surface area contributed by atoms with Crippen LogP contribution in [-0.2, 0) is 13.1 Å². The van der Waals surface area contributed by atoms with Crippen LogP contribution >= 0.6 is 24.0 Å². The first-order valence-corrected chi connectivity index (χ1v) is 11.7. The Labute approximate surface area is 204 Å². The number of halogens is 2. The van der Waals surface area contributed by atoms with Crippen molar-refractivity contribution in [3.63, 3.8) is 0 Å². The van der Waals surface area contributed by atoms with Gasteiger partial charge in [0.05, 0.1) is 5.52 Å². The lowest BCUT2D eigenvalue weighted by Crippen LogP contribution is -2.43. The summed E-state index contributed by atoms with van der Waals surface area (Å²) < 4.78 is 13.1. The summed E-state index contributed by atoms with van der Waals surface area (Å²) in [6.07, 6.45) is 2.20. The highest BCUT2D eigenvalue weighted by atomic mass is 35.5. The molecule has 2 aliphatic heterocycles. The molecule has 1 saturated heterocycles. The molecule has 0 saturated carbocycles. The quantitative estimate of drug-likeness (QED) is 0.564. The number of piperidine rings is 1. The molecule has 3 aromatic rings. The van der Waals surface area contributed by atoms with Crippen molar-refractivity contribution in [1.29, 1.82) is 0 Å². The van der Waals surface area contributed by atoms with Crippen LogP contribution in [0.25, 0.3) is 10.9 Å². The molecule has 5 rings (SSSR count). The van der Waals surface area contributed by atoms with E-state index < -0.39 is 0 Å². The maximum Gasteiger partial charge on any atom is 0.251 e. The molecule has 8 heteroatoms. The number of pyridine rings is 1. The second-order valence-electron chi connectivity index (χ2n) is 8.47. The molecule has 0 unspecified atom stereocenters. The van der Waals surface area contributed by atoms with Crippen LogP contribution in [0.2, 0.25) is 5.02 Å². The highest BCUT2D eigenvalue weighted by molar-refractivity contribution is 6.35. The Bertz CT molecular complexity index is 1160. The molecule has 0 radical (unpaired) electrons. The summed E-state index contributed by atoms with van der Waals surface area (Å²) in [6.45, 7) is 5.64. The number of nitrogens with one attached hydrogen (secondary N) is 1. The van der Waals surface area contributed by atoms with Crippen LogP contribution in [0.15, 0.2) is 53.3 Å². The molecule has 2 aliphatic rings. The standard InChI is InChI=1S/C25H28ClN3O3.ClH/c26-21-2-1-3-22-20(21)5-7-25(30)29(22)13-12-28-10-8-19(9-11-28)27-17-18-4-6-23-24(16-18)32-15-14-31-23;/h1-7,16,19,27H,8-15,17H2;1H. The van der Waals surface area contributed by atoms with E-state index in [2.05, 4.69) is 22.3 Å². The Morgan fingerprint density at radius 3 is 2.58 bits per heavy atom. The van der Waals surface area contributed by atoms with Crippen molar-refractivity contribution in [2.45, 2.75) is 32.0 Å². The lowest BCUT2D eigenvalue weighted by molar-refractivity contribution is 0.171. The number of hydrogen-bond acceptors (Lipinski definition) is 5. The summed E-state index contributed by atoms with van der Waals surface area (Å²) in [5.41, 5.74) is 2.14. The van der Waals surface area contributed by atoms with Gasteiger partial charge in [0, 0.05) is 42.2 Å². The maximum atomic E-state index is 12.5. The van der Waals surface area contributed by atoms with Crippen LogP contribution in [0.5, 0.6) is 11.5 Å². The Hall–Kier alpha value is -2.25. The second-order valence-corrected chi connectivity index (χ2v) is 8.88. The molecule has 33 heavy (non-hydrogen) atoms. The van der Waals surface area contributed by atoms with Crippen molar-refractivity contribution in [2.75, 3.05) is 32.8 Å². The van der Waals surface area contributed by atoms with Gasteiger partial charge in [0.25, 0.3) is 5.56 Å². The molecule has 176 valence electrons. The number of rotatable bonds is 6. The molecule has 2 aromatic carbocycles. The Morgan fingerprint density at radius 1 is 0.970 bits per heavy atom. The summed E-state index contributed by atoms with van der Waals surface area (Å²) in [5.74, 6) is 1.68. The van der Waals surface area contributed by atoms with Gasteiger partial charge < -0.3 is 24.3 Å². The third-order valence-corrected chi connectivity index (χ3v) is 6.74. The third-order valence-electron chi connectivity index (χ3n) is 6.41. The fourth-order valence-corrected chi connectivity index (χ4v) is 4.81. The lowest BCUT2D eigenvalue weighted by atomic mass is 10.0. The number of fused-ring (bicyclic) bond motifs is 2. The first-order valence-electron chi connectivity index (χ1n) is 11.3. The highest BCUT2D eigenvalue weighted by Crippen LogP contribution is 2.30. The topological polar surface area (TPSA) is 55.7 Å². The lowest BCUT2D eigenvalue weighted by Gasteiger charge is -2.32. The predicted molar refractivity (Wildman–Crippen MR) is 134 cm³/mol. The molecule has 1 fully saturated rings. The van der Waals surface area contributed by atoms with Crippen molar-refractivity contribution in [2.24, 2.45) is 0 Å². The van der Waals surface area contributed by atoms with Gasteiger partial charge in [0.2, 0.25) is 0 Å². The van der Waals surface area contributed by atoms with Crippen molar-refractivity contribution in [3.8, 4) is 11.5 Å². The molecule has 0 amide bonds. The van der Waals surface area contributed by atoms with E-state index in [-0.39, 0.29) is 18.0 Å². The van der Waals surface area contributed by atoms with Gasteiger partial charge in [-0.05, 0) is 61.8 Å². The van der Waals surface area contributed by atoms with Crippen molar-refractivity contribution >= 4 is 34.9 Å². The van der Waals surface area contributed by atoms with Crippen LogP contribution in [0.1, 0.15) is 18.4 Å². The van der Waals surface area contributed by atoms with Gasteiger partial charge in [-0.1, -0.05) is 23.7 Å². The summed E-state index contributed by atoms with van der Waals surface area (Å²) in [5, 5.41) is 5.29. The van der Waals surface area contributed by atoms with Crippen LogP contribution in [0.4, 0.5) is 0 Å².